The molecule has 1 aliphatic rings. The van der Waals surface area contributed by atoms with Crippen molar-refractivity contribution in [3.63, 3.8) is 0 Å². The summed E-state index contributed by atoms with van der Waals surface area (Å²) < 4.78 is 11.1. The number of hydrogen-bond acceptors (Lipinski definition) is 7. The van der Waals surface area contributed by atoms with Crippen molar-refractivity contribution in [1.82, 2.24) is 15.2 Å². The number of nitrogens with zero attached hydrogens (tertiary/aromatic N) is 3. The van der Waals surface area contributed by atoms with E-state index >= 15 is 0 Å². The van der Waals surface area contributed by atoms with E-state index in [1.807, 2.05) is 67.6 Å². The van der Waals surface area contributed by atoms with E-state index in [9.17, 15) is 4.79 Å². The van der Waals surface area contributed by atoms with Gasteiger partial charge in [0.05, 0.1) is 5.25 Å². The largest absolute Gasteiger partial charge is 0.486 e. The molecular formula is C26H22N4O3S. The normalized spacial score (nSPS) is 13.2. The molecule has 34 heavy (non-hydrogen) atoms. The van der Waals surface area contributed by atoms with Crippen LogP contribution in [0.4, 0.5) is 5.69 Å². The topological polar surface area (TPSA) is 86.2 Å². The Labute approximate surface area is 201 Å². The highest BCUT2D eigenvalue weighted by Gasteiger charge is 2.20. The molecular weight excluding hydrogens is 448 g/mol. The summed E-state index contributed by atoms with van der Waals surface area (Å²) in [7, 11) is 0. The average Bonchev–Trinajstić information content (AvgIpc) is 2.89. The molecule has 1 N–H and O–H groups in total. The van der Waals surface area contributed by atoms with Crippen molar-refractivity contribution >= 4 is 23.4 Å². The van der Waals surface area contributed by atoms with E-state index in [2.05, 4.69) is 15.5 Å². The molecule has 1 unspecified atom stereocenters. The summed E-state index contributed by atoms with van der Waals surface area (Å²) in [5, 5.41) is 11.7. The van der Waals surface area contributed by atoms with Crippen LogP contribution in [-0.4, -0.2) is 39.6 Å². The van der Waals surface area contributed by atoms with Gasteiger partial charge in [0.15, 0.2) is 11.5 Å². The van der Waals surface area contributed by atoms with E-state index in [0.29, 0.717) is 41.3 Å². The zero-order valence-corrected chi connectivity index (χ0v) is 19.3. The molecule has 0 saturated carbocycles. The number of aromatic nitrogens is 3. The first kappa shape index (κ1) is 21.9. The fourth-order valence-corrected chi connectivity index (χ4v) is 4.24. The minimum Gasteiger partial charge on any atom is -0.486 e. The molecule has 1 amide bonds. The second kappa shape index (κ2) is 9.93. The number of benzene rings is 3. The minimum atomic E-state index is -0.443. The molecule has 0 fully saturated rings. The van der Waals surface area contributed by atoms with Crippen LogP contribution < -0.4 is 14.8 Å². The molecule has 3 aromatic carbocycles. The van der Waals surface area contributed by atoms with E-state index < -0.39 is 5.25 Å². The lowest BCUT2D eigenvalue weighted by atomic mass is 10.0. The lowest BCUT2D eigenvalue weighted by Gasteiger charge is -2.19. The monoisotopic (exact) mass is 470 g/mol. The van der Waals surface area contributed by atoms with Crippen molar-refractivity contribution in [1.29, 1.82) is 0 Å². The third-order valence-electron chi connectivity index (χ3n) is 5.22. The predicted molar refractivity (Wildman–Crippen MR) is 132 cm³/mol. The number of nitrogens with one attached hydrogen (secondary N) is 1. The summed E-state index contributed by atoms with van der Waals surface area (Å²) in [6.07, 6.45) is 0. The molecule has 170 valence electrons. The SMILES string of the molecule is CC(Sc1nnc(-c2ccccc2)c(-c2ccccc2)n1)C(=O)Nc1ccc2c(c1)OCCO2. The Morgan fingerprint density at radius 1 is 0.853 bits per heavy atom. The maximum absolute atomic E-state index is 12.8. The lowest BCUT2D eigenvalue weighted by molar-refractivity contribution is -0.115. The highest BCUT2D eigenvalue weighted by Crippen LogP contribution is 2.34. The molecule has 0 spiro atoms. The quantitative estimate of drug-likeness (QED) is 0.393. The first-order valence-corrected chi connectivity index (χ1v) is 11.8. The third kappa shape index (κ3) is 4.87. The number of thioether (sulfide) groups is 1. The molecule has 8 heteroatoms. The number of carbonyl (C=O) groups is 1. The van der Waals surface area contributed by atoms with Gasteiger partial charge in [-0.15, -0.1) is 10.2 Å². The highest BCUT2D eigenvalue weighted by atomic mass is 32.2. The molecule has 1 aromatic heterocycles. The van der Waals surface area contributed by atoms with Gasteiger partial charge >= 0.3 is 0 Å². The van der Waals surface area contributed by atoms with Crippen molar-refractivity contribution in [2.45, 2.75) is 17.3 Å². The maximum Gasteiger partial charge on any atom is 0.237 e. The first-order chi connectivity index (χ1) is 16.7. The van der Waals surface area contributed by atoms with Gasteiger partial charge in [-0.25, -0.2) is 4.98 Å². The van der Waals surface area contributed by atoms with Crippen LogP contribution in [0.5, 0.6) is 11.5 Å². The molecule has 0 saturated heterocycles. The van der Waals surface area contributed by atoms with Crippen molar-refractivity contribution in [2.75, 3.05) is 18.5 Å². The Morgan fingerprint density at radius 3 is 2.21 bits per heavy atom. The fourth-order valence-electron chi connectivity index (χ4n) is 3.53. The molecule has 4 aromatic rings. The van der Waals surface area contributed by atoms with Gasteiger partial charge in [0.25, 0.3) is 0 Å². The van der Waals surface area contributed by atoms with Crippen LogP contribution in [0.1, 0.15) is 6.92 Å². The van der Waals surface area contributed by atoms with E-state index in [0.717, 1.165) is 16.8 Å². The van der Waals surface area contributed by atoms with Gasteiger partial charge in [0.2, 0.25) is 11.1 Å². The van der Waals surface area contributed by atoms with Crippen LogP contribution in [-0.2, 0) is 4.79 Å². The first-order valence-electron chi connectivity index (χ1n) is 10.9. The van der Waals surface area contributed by atoms with Gasteiger partial charge in [-0.3, -0.25) is 4.79 Å². The number of amides is 1. The van der Waals surface area contributed by atoms with Crippen LogP contribution in [0.2, 0.25) is 0 Å². The Hall–Kier alpha value is -3.91. The number of ether oxygens (including phenoxy) is 2. The van der Waals surface area contributed by atoms with Gasteiger partial charge in [-0.05, 0) is 19.1 Å². The van der Waals surface area contributed by atoms with Gasteiger partial charge in [0, 0.05) is 22.9 Å². The Morgan fingerprint density at radius 2 is 1.50 bits per heavy atom. The standard InChI is InChI=1S/C26H22N4O3S/c1-17(25(31)27-20-12-13-21-22(16-20)33-15-14-32-21)34-26-28-23(18-8-4-2-5-9-18)24(29-30-26)19-10-6-3-7-11-19/h2-13,16-17H,14-15H2,1H3,(H,27,31). The van der Waals surface area contributed by atoms with E-state index in [4.69, 9.17) is 14.5 Å². The molecule has 0 bridgehead atoms. The molecule has 7 nitrogen and oxygen atoms in total. The van der Waals surface area contributed by atoms with E-state index in [-0.39, 0.29) is 5.91 Å². The van der Waals surface area contributed by atoms with Crippen molar-refractivity contribution in [2.24, 2.45) is 0 Å². The molecule has 5 rings (SSSR count). The number of carbonyl (C=O) groups excluding carboxylic acids is 1. The van der Waals surface area contributed by atoms with Gasteiger partial charge in [-0.2, -0.15) is 0 Å². The van der Waals surface area contributed by atoms with Crippen molar-refractivity contribution in [3.05, 3.63) is 78.9 Å². The van der Waals surface area contributed by atoms with E-state index in [1.165, 1.54) is 11.8 Å². The Bertz CT molecular complexity index is 1300. The zero-order valence-electron chi connectivity index (χ0n) is 18.5. The molecule has 1 atom stereocenters. The average molecular weight is 471 g/mol. The predicted octanol–water partition coefficient (Wildman–Crippen LogP) is 5.10. The molecule has 1 aliphatic heterocycles. The Kier molecular flexibility index (Phi) is 6.40. The van der Waals surface area contributed by atoms with Crippen molar-refractivity contribution < 1.29 is 14.3 Å². The van der Waals surface area contributed by atoms with Gasteiger partial charge in [-0.1, -0.05) is 72.4 Å². The number of anilines is 1. The number of hydrogen-bond donors (Lipinski definition) is 1. The molecule has 0 radical (unpaired) electrons. The second-order valence-electron chi connectivity index (χ2n) is 7.63. The summed E-state index contributed by atoms with van der Waals surface area (Å²) in [6.45, 7) is 2.83. The number of fused-ring (bicyclic) bond motifs is 1. The smallest absolute Gasteiger partial charge is 0.237 e. The van der Waals surface area contributed by atoms with E-state index in [1.54, 1.807) is 18.2 Å². The molecule has 0 aliphatic carbocycles. The van der Waals surface area contributed by atoms with Crippen LogP contribution in [0.15, 0.2) is 84.0 Å². The minimum absolute atomic E-state index is 0.168. The third-order valence-corrected chi connectivity index (χ3v) is 6.17. The van der Waals surface area contributed by atoms with Gasteiger partial charge in [0.1, 0.15) is 24.6 Å². The van der Waals surface area contributed by atoms with Gasteiger partial charge < -0.3 is 14.8 Å². The fraction of sp³-hybridized carbons (Fsp3) is 0.154. The second-order valence-corrected chi connectivity index (χ2v) is 8.94. The van der Waals surface area contributed by atoms with Crippen LogP contribution >= 0.6 is 11.8 Å². The number of rotatable bonds is 6. The van der Waals surface area contributed by atoms with Crippen LogP contribution in [0.25, 0.3) is 22.5 Å². The maximum atomic E-state index is 12.8. The zero-order chi connectivity index (χ0) is 23.3. The summed E-state index contributed by atoms with van der Waals surface area (Å²) in [5.74, 6) is 1.14. The highest BCUT2D eigenvalue weighted by molar-refractivity contribution is 8.00. The van der Waals surface area contributed by atoms with Crippen LogP contribution in [0, 0.1) is 0 Å². The summed E-state index contributed by atoms with van der Waals surface area (Å²) in [5.41, 5.74) is 3.94. The van der Waals surface area contributed by atoms with Crippen LogP contribution in [0.3, 0.4) is 0 Å². The summed E-state index contributed by atoms with van der Waals surface area (Å²) in [6, 6.07) is 25.0. The lowest BCUT2D eigenvalue weighted by Crippen LogP contribution is -2.23. The van der Waals surface area contributed by atoms with Crippen molar-refractivity contribution in [3.8, 4) is 34.0 Å². The summed E-state index contributed by atoms with van der Waals surface area (Å²) >= 11 is 1.26. The summed E-state index contributed by atoms with van der Waals surface area (Å²) in [4.78, 5) is 17.6. The molecule has 2 heterocycles. The Balaban J connectivity index is 1.36.